The Kier molecular flexibility index (Phi) is 5.04. The second-order valence-corrected chi connectivity index (χ2v) is 5.58. The molecule has 0 radical (unpaired) electrons. The van der Waals surface area contributed by atoms with Crippen LogP contribution in [0.2, 0.25) is 0 Å². The SMILES string of the molecule is Cc1oc(CNC(C)C)cc1CN(C)Cc1ccco1. The quantitative estimate of drug-likeness (QED) is 0.842. The van der Waals surface area contributed by atoms with Crippen molar-refractivity contribution in [3.63, 3.8) is 0 Å². The van der Waals surface area contributed by atoms with E-state index in [-0.39, 0.29) is 0 Å². The molecule has 0 aliphatic heterocycles. The number of furan rings is 2. The first kappa shape index (κ1) is 14.9. The Labute approximate surface area is 120 Å². The molecule has 0 bridgehead atoms. The molecule has 20 heavy (non-hydrogen) atoms. The summed E-state index contributed by atoms with van der Waals surface area (Å²) in [5.74, 6) is 2.98. The highest BCUT2D eigenvalue weighted by Gasteiger charge is 2.11. The summed E-state index contributed by atoms with van der Waals surface area (Å²) in [5, 5.41) is 3.37. The van der Waals surface area contributed by atoms with Gasteiger partial charge >= 0.3 is 0 Å². The molecule has 2 rings (SSSR count). The lowest BCUT2D eigenvalue weighted by atomic mass is 10.2. The van der Waals surface area contributed by atoms with E-state index in [9.17, 15) is 0 Å². The average molecular weight is 276 g/mol. The largest absolute Gasteiger partial charge is 0.468 e. The Morgan fingerprint density at radius 2 is 2.05 bits per heavy atom. The van der Waals surface area contributed by atoms with Crippen molar-refractivity contribution in [1.82, 2.24) is 10.2 Å². The first-order valence-corrected chi connectivity index (χ1v) is 7.07. The third-order valence-corrected chi connectivity index (χ3v) is 3.20. The highest BCUT2D eigenvalue weighted by atomic mass is 16.3. The van der Waals surface area contributed by atoms with Gasteiger partial charge in [0.05, 0.1) is 19.4 Å². The molecule has 0 saturated carbocycles. The molecule has 4 nitrogen and oxygen atoms in total. The predicted molar refractivity (Wildman–Crippen MR) is 79.3 cm³/mol. The van der Waals surface area contributed by atoms with Crippen molar-refractivity contribution in [1.29, 1.82) is 0 Å². The predicted octanol–water partition coefficient (Wildman–Crippen LogP) is 3.31. The van der Waals surface area contributed by atoms with Crippen molar-refractivity contribution >= 4 is 0 Å². The van der Waals surface area contributed by atoms with Crippen LogP contribution in [-0.4, -0.2) is 18.0 Å². The van der Waals surface area contributed by atoms with E-state index >= 15 is 0 Å². The second-order valence-electron chi connectivity index (χ2n) is 5.58. The first-order valence-electron chi connectivity index (χ1n) is 7.07. The van der Waals surface area contributed by atoms with Crippen molar-refractivity contribution in [2.24, 2.45) is 0 Å². The van der Waals surface area contributed by atoms with Gasteiger partial charge in [-0.25, -0.2) is 0 Å². The second kappa shape index (κ2) is 6.77. The fourth-order valence-electron chi connectivity index (χ4n) is 2.15. The zero-order valence-corrected chi connectivity index (χ0v) is 12.8. The molecule has 1 N–H and O–H groups in total. The molecule has 0 atom stereocenters. The fraction of sp³-hybridized carbons (Fsp3) is 0.500. The number of rotatable bonds is 7. The minimum absolute atomic E-state index is 0.463. The van der Waals surface area contributed by atoms with E-state index in [0.29, 0.717) is 6.04 Å². The summed E-state index contributed by atoms with van der Waals surface area (Å²) < 4.78 is 11.2. The summed E-state index contributed by atoms with van der Waals surface area (Å²) in [7, 11) is 2.08. The third kappa shape index (κ3) is 4.25. The minimum atomic E-state index is 0.463. The van der Waals surface area contributed by atoms with Crippen LogP contribution in [0.3, 0.4) is 0 Å². The van der Waals surface area contributed by atoms with E-state index in [2.05, 4.69) is 37.2 Å². The van der Waals surface area contributed by atoms with Gasteiger partial charge in [0.15, 0.2) is 0 Å². The molecule has 0 saturated heterocycles. The van der Waals surface area contributed by atoms with E-state index in [1.165, 1.54) is 5.56 Å². The van der Waals surface area contributed by atoms with E-state index in [1.54, 1.807) is 6.26 Å². The van der Waals surface area contributed by atoms with Crippen LogP contribution in [0.15, 0.2) is 33.3 Å². The third-order valence-electron chi connectivity index (χ3n) is 3.20. The number of aryl methyl sites for hydroxylation is 1. The maximum absolute atomic E-state index is 5.79. The van der Waals surface area contributed by atoms with Crippen LogP contribution in [0.25, 0.3) is 0 Å². The molecule has 110 valence electrons. The average Bonchev–Trinajstić information content (AvgIpc) is 2.98. The molecular formula is C16H24N2O2. The molecule has 0 spiro atoms. The maximum Gasteiger partial charge on any atom is 0.118 e. The van der Waals surface area contributed by atoms with Gasteiger partial charge in [0, 0.05) is 18.2 Å². The summed E-state index contributed by atoms with van der Waals surface area (Å²) in [6, 6.07) is 6.52. The van der Waals surface area contributed by atoms with E-state index in [0.717, 1.165) is 36.9 Å². The lowest BCUT2D eigenvalue weighted by Crippen LogP contribution is -2.21. The number of hydrogen-bond acceptors (Lipinski definition) is 4. The van der Waals surface area contributed by atoms with Gasteiger partial charge in [0.25, 0.3) is 0 Å². The van der Waals surface area contributed by atoms with Crippen LogP contribution in [0.4, 0.5) is 0 Å². The summed E-state index contributed by atoms with van der Waals surface area (Å²) in [4.78, 5) is 2.22. The van der Waals surface area contributed by atoms with Crippen LogP contribution >= 0.6 is 0 Å². The van der Waals surface area contributed by atoms with Gasteiger partial charge in [-0.1, -0.05) is 13.8 Å². The van der Waals surface area contributed by atoms with Crippen molar-refractivity contribution in [2.45, 2.75) is 46.4 Å². The molecule has 0 aliphatic carbocycles. The topological polar surface area (TPSA) is 41.6 Å². The fourth-order valence-corrected chi connectivity index (χ4v) is 2.15. The van der Waals surface area contributed by atoms with Gasteiger partial charge in [0.2, 0.25) is 0 Å². The monoisotopic (exact) mass is 276 g/mol. The van der Waals surface area contributed by atoms with Crippen LogP contribution in [-0.2, 0) is 19.6 Å². The van der Waals surface area contributed by atoms with E-state index in [1.807, 2.05) is 19.1 Å². The van der Waals surface area contributed by atoms with Crippen LogP contribution in [0.5, 0.6) is 0 Å². The number of nitrogens with zero attached hydrogens (tertiary/aromatic N) is 1. The minimum Gasteiger partial charge on any atom is -0.468 e. The molecule has 0 fully saturated rings. The van der Waals surface area contributed by atoms with E-state index in [4.69, 9.17) is 8.83 Å². The molecule has 2 heterocycles. The van der Waals surface area contributed by atoms with Gasteiger partial charge in [-0.2, -0.15) is 0 Å². The molecule has 2 aromatic rings. The maximum atomic E-state index is 5.79. The summed E-state index contributed by atoms with van der Waals surface area (Å²) in [6.07, 6.45) is 1.71. The zero-order chi connectivity index (χ0) is 14.5. The first-order chi connectivity index (χ1) is 9.54. The summed E-state index contributed by atoms with van der Waals surface area (Å²) in [5.41, 5.74) is 1.24. The Morgan fingerprint density at radius 1 is 1.25 bits per heavy atom. The standard InChI is InChI=1S/C16H24N2O2/c1-12(2)17-9-16-8-14(13(3)20-16)10-18(4)11-15-6-5-7-19-15/h5-8,12,17H,9-11H2,1-4H3. The molecule has 2 aromatic heterocycles. The van der Waals surface area contributed by atoms with Crippen molar-refractivity contribution < 1.29 is 8.83 Å². The van der Waals surface area contributed by atoms with Gasteiger partial charge in [-0.15, -0.1) is 0 Å². The van der Waals surface area contributed by atoms with Gasteiger partial charge < -0.3 is 14.2 Å². The Balaban J connectivity index is 1.91. The van der Waals surface area contributed by atoms with Crippen molar-refractivity contribution in [3.8, 4) is 0 Å². The normalized spacial score (nSPS) is 11.7. The van der Waals surface area contributed by atoms with Crippen LogP contribution < -0.4 is 5.32 Å². The van der Waals surface area contributed by atoms with Gasteiger partial charge in [0.1, 0.15) is 17.3 Å². The lowest BCUT2D eigenvalue weighted by Gasteiger charge is -2.14. The van der Waals surface area contributed by atoms with Crippen LogP contribution in [0.1, 0.15) is 36.7 Å². The number of nitrogens with one attached hydrogen (secondary N) is 1. The molecule has 0 amide bonds. The Bertz CT molecular complexity index is 515. The van der Waals surface area contributed by atoms with Crippen LogP contribution in [0, 0.1) is 6.92 Å². The van der Waals surface area contributed by atoms with Crippen molar-refractivity contribution in [2.75, 3.05) is 7.05 Å². The van der Waals surface area contributed by atoms with Gasteiger partial charge in [-0.05, 0) is 32.2 Å². The molecule has 0 aliphatic rings. The van der Waals surface area contributed by atoms with E-state index < -0.39 is 0 Å². The lowest BCUT2D eigenvalue weighted by molar-refractivity contribution is 0.286. The number of hydrogen-bond donors (Lipinski definition) is 1. The highest BCUT2D eigenvalue weighted by molar-refractivity contribution is 5.20. The van der Waals surface area contributed by atoms with Crippen molar-refractivity contribution in [3.05, 3.63) is 47.3 Å². The Morgan fingerprint density at radius 3 is 2.70 bits per heavy atom. The zero-order valence-electron chi connectivity index (χ0n) is 12.8. The Hall–Kier alpha value is -1.52. The molecule has 0 unspecified atom stereocenters. The van der Waals surface area contributed by atoms with Gasteiger partial charge in [-0.3, -0.25) is 4.90 Å². The molecular weight excluding hydrogens is 252 g/mol. The summed E-state index contributed by atoms with van der Waals surface area (Å²) in [6.45, 7) is 8.73. The summed E-state index contributed by atoms with van der Waals surface area (Å²) >= 11 is 0. The molecule has 4 heteroatoms. The highest BCUT2D eigenvalue weighted by Crippen LogP contribution is 2.17. The molecule has 0 aromatic carbocycles. The smallest absolute Gasteiger partial charge is 0.118 e.